The summed E-state index contributed by atoms with van der Waals surface area (Å²) in [5.41, 5.74) is -0.566. The molecule has 2 aromatic heterocycles. The van der Waals surface area contributed by atoms with E-state index >= 15 is 0 Å². The number of carbonyl (C=O) groups is 1. The van der Waals surface area contributed by atoms with Crippen molar-refractivity contribution in [3.8, 4) is 0 Å². The fourth-order valence-corrected chi connectivity index (χ4v) is 2.59. The Morgan fingerprint density at radius 1 is 1.32 bits per heavy atom. The second-order valence-corrected chi connectivity index (χ2v) is 5.55. The van der Waals surface area contributed by atoms with Crippen molar-refractivity contribution in [2.45, 2.75) is 19.5 Å². The number of aromatic amines is 1. The molecule has 0 bridgehead atoms. The van der Waals surface area contributed by atoms with E-state index in [1.807, 2.05) is 0 Å². The van der Waals surface area contributed by atoms with Gasteiger partial charge in [-0.05, 0) is 25.1 Å². The smallest absolute Gasteiger partial charge is 0.329 e. The van der Waals surface area contributed by atoms with Crippen LogP contribution in [0.2, 0.25) is 0 Å². The second kappa shape index (κ2) is 6.68. The Morgan fingerprint density at radius 2 is 2.08 bits per heavy atom. The Balaban J connectivity index is 1.84. The fraction of sp³-hybridized carbons (Fsp3) is 0.176. The first kappa shape index (κ1) is 16.6. The third-order valence-electron chi connectivity index (χ3n) is 3.84. The van der Waals surface area contributed by atoms with Crippen LogP contribution in [0.5, 0.6) is 0 Å². The summed E-state index contributed by atoms with van der Waals surface area (Å²) in [6.07, 6.45) is 2.47. The Labute approximate surface area is 141 Å². The molecule has 0 unspecified atom stereocenters. The molecule has 0 spiro atoms. The summed E-state index contributed by atoms with van der Waals surface area (Å²) < 4.78 is 14.5. The van der Waals surface area contributed by atoms with Crippen molar-refractivity contribution in [1.29, 1.82) is 0 Å². The van der Waals surface area contributed by atoms with Crippen LogP contribution < -0.4 is 16.6 Å². The number of amides is 1. The van der Waals surface area contributed by atoms with Gasteiger partial charge in [-0.25, -0.2) is 9.18 Å². The van der Waals surface area contributed by atoms with Crippen LogP contribution in [0.3, 0.4) is 0 Å². The minimum absolute atomic E-state index is 0.267. The Morgan fingerprint density at radius 3 is 2.84 bits per heavy atom. The summed E-state index contributed by atoms with van der Waals surface area (Å²) in [5.74, 6) is -1.12. The summed E-state index contributed by atoms with van der Waals surface area (Å²) in [5, 5.41) is 2.88. The summed E-state index contributed by atoms with van der Waals surface area (Å²) >= 11 is 0. The van der Waals surface area contributed by atoms with Crippen LogP contribution in [0.1, 0.15) is 18.5 Å². The maximum atomic E-state index is 13.7. The summed E-state index contributed by atoms with van der Waals surface area (Å²) in [6, 6.07) is 7.36. The molecule has 128 valence electrons. The largest absolute Gasteiger partial charge is 0.348 e. The lowest BCUT2D eigenvalue weighted by molar-refractivity contribution is -0.122. The molecule has 0 saturated heterocycles. The highest BCUT2D eigenvalue weighted by Crippen LogP contribution is 2.14. The number of H-pyrrole nitrogens is 1. The van der Waals surface area contributed by atoms with Crippen LogP contribution in [0.15, 0.2) is 52.3 Å². The summed E-state index contributed by atoms with van der Waals surface area (Å²) in [6.45, 7) is 1.14. The number of hydrogen-bond donors (Lipinski definition) is 2. The SMILES string of the molecule is C[C@H](NC(=O)Cn1c(=O)[nH]c2ccccc2c1=O)c1ccncc1F. The molecule has 7 nitrogen and oxygen atoms in total. The van der Waals surface area contributed by atoms with Crippen LogP contribution in [0.4, 0.5) is 4.39 Å². The van der Waals surface area contributed by atoms with Gasteiger partial charge in [0.05, 0.1) is 23.1 Å². The average Bonchev–Trinajstić information content (AvgIpc) is 2.59. The molecule has 3 aromatic rings. The van der Waals surface area contributed by atoms with Gasteiger partial charge in [-0.2, -0.15) is 0 Å². The number of halogens is 1. The highest BCUT2D eigenvalue weighted by atomic mass is 19.1. The van der Waals surface area contributed by atoms with E-state index in [1.54, 1.807) is 31.2 Å². The van der Waals surface area contributed by atoms with Crippen molar-refractivity contribution < 1.29 is 9.18 Å². The first-order chi connectivity index (χ1) is 12.0. The lowest BCUT2D eigenvalue weighted by Gasteiger charge is -2.15. The van der Waals surface area contributed by atoms with Crippen LogP contribution in [0.25, 0.3) is 10.9 Å². The Hall–Kier alpha value is -3.29. The van der Waals surface area contributed by atoms with Crippen LogP contribution in [-0.2, 0) is 11.3 Å². The molecule has 0 aliphatic carbocycles. The number of carbonyl (C=O) groups excluding carboxylic acids is 1. The van der Waals surface area contributed by atoms with Crippen molar-refractivity contribution in [2.24, 2.45) is 0 Å². The van der Waals surface area contributed by atoms with Crippen LogP contribution in [-0.4, -0.2) is 20.4 Å². The molecule has 3 rings (SSSR count). The molecule has 2 N–H and O–H groups in total. The molecule has 25 heavy (non-hydrogen) atoms. The van der Waals surface area contributed by atoms with Crippen molar-refractivity contribution in [3.05, 3.63) is 74.9 Å². The predicted molar refractivity (Wildman–Crippen MR) is 89.6 cm³/mol. The molecule has 1 aromatic carbocycles. The lowest BCUT2D eigenvalue weighted by atomic mass is 10.1. The zero-order chi connectivity index (χ0) is 18.0. The van der Waals surface area contributed by atoms with Gasteiger partial charge in [-0.1, -0.05) is 12.1 Å². The molecule has 0 fully saturated rings. The lowest BCUT2D eigenvalue weighted by Crippen LogP contribution is -2.41. The van der Waals surface area contributed by atoms with Gasteiger partial charge in [0.1, 0.15) is 12.4 Å². The molecular weight excluding hydrogens is 327 g/mol. The Kier molecular flexibility index (Phi) is 4.42. The van der Waals surface area contributed by atoms with Gasteiger partial charge >= 0.3 is 5.69 Å². The average molecular weight is 342 g/mol. The topological polar surface area (TPSA) is 96.9 Å². The molecule has 0 aliphatic heterocycles. The van der Waals surface area contributed by atoms with Gasteiger partial charge in [-0.3, -0.25) is 19.1 Å². The minimum Gasteiger partial charge on any atom is -0.348 e. The number of nitrogens with zero attached hydrogens (tertiary/aromatic N) is 2. The molecule has 1 amide bonds. The molecular formula is C17H15FN4O3. The standard InChI is InChI=1S/C17H15FN4O3/c1-10(11-6-7-19-8-13(11)18)20-15(23)9-22-16(24)12-4-2-3-5-14(12)21-17(22)25/h2-8,10H,9H2,1H3,(H,20,23)(H,21,25)/t10-/m0/s1. The predicted octanol–water partition coefficient (Wildman–Crippen LogP) is 1.10. The number of para-hydroxylation sites is 1. The van der Waals surface area contributed by atoms with Crippen molar-refractivity contribution in [2.75, 3.05) is 0 Å². The zero-order valence-corrected chi connectivity index (χ0v) is 13.3. The highest BCUT2D eigenvalue weighted by Gasteiger charge is 2.16. The van der Waals surface area contributed by atoms with E-state index in [2.05, 4.69) is 15.3 Å². The zero-order valence-electron chi connectivity index (χ0n) is 13.3. The van der Waals surface area contributed by atoms with E-state index in [1.165, 1.54) is 12.3 Å². The third kappa shape index (κ3) is 3.32. The quantitative estimate of drug-likeness (QED) is 0.742. The Bertz CT molecular complexity index is 1060. The van der Waals surface area contributed by atoms with Gasteiger partial charge in [0.2, 0.25) is 5.91 Å². The first-order valence-electron chi connectivity index (χ1n) is 7.58. The third-order valence-corrected chi connectivity index (χ3v) is 3.84. The van der Waals surface area contributed by atoms with Gasteiger partial charge in [0.15, 0.2) is 0 Å². The first-order valence-corrected chi connectivity index (χ1v) is 7.58. The number of rotatable bonds is 4. The molecule has 1 atom stereocenters. The van der Waals surface area contributed by atoms with Gasteiger partial charge in [0, 0.05) is 11.8 Å². The van der Waals surface area contributed by atoms with E-state index in [-0.39, 0.29) is 5.56 Å². The minimum atomic E-state index is -0.679. The van der Waals surface area contributed by atoms with Crippen LogP contribution >= 0.6 is 0 Å². The number of aromatic nitrogens is 3. The second-order valence-electron chi connectivity index (χ2n) is 5.55. The number of fused-ring (bicyclic) bond motifs is 1. The maximum Gasteiger partial charge on any atom is 0.329 e. The van der Waals surface area contributed by atoms with Crippen molar-refractivity contribution >= 4 is 16.8 Å². The summed E-state index contributed by atoms with van der Waals surface area (Å²) in [7, 11) is 0. The molecule has 0 aliphatic rings. The normalized spacial score (nSPS) is 12.1. The number of benzene rings is 1. The molecule has 0 saturated carbocycles. The molecule has 0 radical (unpaired) electrons. The maximum absolute atomic E-state index is 13.7. The van der Waals surface area contributed by atoms with Crippen LogP contribution in [0, 0.1) is 5.82 Å². The van der Waals surface area contributed by atoms with Gasteiger partial charge in [0.25, 0.3) is 5.56 Å². The monoisotopic (exact) mass is 342 g/mol. The van der Waals surface area contributed by atoms with E-state index in [0.29, 0.717) is 10.9 Å². The van der Waals surface area contributed by atoms with E-state index in [0.717, 1.165) is 10.8 Å². The fourth-order valence-electron chi connectivity index (χ4n) is 2.59. The van der Waals surface area contributed by atoms with Gasteiger partial charge in [-0.15, -0.1) is 0 Å². The van der Waals surface area contributed by atoms with Crippen molar-refractivity contribution in [3.63, 3.8) is 0 Å². The molecule has 2 heterocycles. The van der Waals surface area contributed by atoms with Crippen molar-refractivity contribution in [1.82, 2.24) is 19.9 Å². The number of hydrogen-bond acceptors (Lipinski definition) is 4. The van der Waals surface area contributed by atoms with E-state index < -0.39 is 35.6 Å². The summed E-state index contributed by atoms with van der Waals surface area (Å²) in [4.78, 5) is 42.8. The highest BCUT2D eigenvalue weighted by molar-refractivity contribution is 5.79. The van der Waals surface area contributed by atoms with Gasteiger partial charge < -0.3 is 10.3 Å². The number of pyridine rings is 1. The van der Waals surface area contributed by atoms with E-state index in [9.17, 15) is 18.8 Å². The molecule has 8 heteroatoms. The number of nitrogens with one attached hydrogen (secondary N) is 2. The van der Waals surface area contributed by atoms with E-state index in [4.69, 9.17) is 0 Å².